The maximum Gasteiger partial charge on any atom is 0.321 e. The van der Waals surface area contributed by atoms with Crippen molar-refractivity contribution in [3.63, 3.8) is 0 Å². The molecule has 0 spiro atoms. The number of piperidine rings is 1. The Morgan fingerprint density at radius 3 is 2.53 bits per heavy atom. The summed E-state index contributed by atoms with van der Waals surface area (Å²) in [5, 5.41) is 26.6. The maximum absolute atomic E-state index is 13.2. The lowest BCUT2D eigenvalue weighted by molar-refractivity contribution is -0.136. The molecule has 5 heterocycles. The summed E-state index contributed by atoms with van der Waals surface area (Å²) in [6.45, 7) is 11.2. The minimum absolute atomic E-state index is 0.0195. The Morgan fingerprint density at radius 2 is 1.81 bits per heavy atom. The Hall–Kier alpha value is -5.54. The Morgan fingerprint density at radius 1 is 1.02 bits per heavy atom. The van der Waals surface area contributed by atoms with Crippen LogP contribution in [0.1, 0.15) is 97.8 Å². The summed E-state index contributed by atoms with van der Waals surface area (Å²) >= 11 is 0. The number of fused-ring (bicyclic) bond motifs is 2. The molecule has 0 aliphatic carbocycles. The predicted octanol–water partition coefficient (Wildman–Crippen LogP) is 4.97. The van der Waals surface area contributed by atoms with Gasteiger partial charge in [-0.3, -0.25) is 24.6 Å². The van der Waals surface area contributed by atoms with Gasteiger partial charge < -0.3 is 30.9 Å². The number of carbonyl (C=O) groups excluding carboxylic acids is 4. The van der Waals surface area contributed by atoms with Gasteiger partial charge in [0.1, 0.15) is 17.7 Å². The summed E-state index contributed by atoms with van der Waals surface area (Å²) in [5.41, 5.74) is 6.44. The molecule has 2 saturated heterocycles. The average Bonchev–Trinajstić information content (AvgIpc) is 3.81. The van der Waals surface area contributed by atoms with Crippen molar-refractivity contribution >= 4 is 46.7 Å². The number of aryl methyl sites for hydroxylation is 1. The van der Waals surface area contributed by atoms with Crippen LogP contribution in [0.5, 0.6) is 0 Å². The number of imide groups is 1. The molecule has 308 valence electrons. The van der Waals surface area contributed by atoms with Crippen LogP contribution in [-0.2, 0) is 29.1 Å². The van der Waals surface area contributed by atoms with Crippen LogP contribution in [0.15, 0.2) is 54.7 Å². The first-order chi connectivity index (χ1) is 28.1. The van der Waals surface area contributed by atoms with Gasteiger partial charge in [0.05, 0.1) is 18.8 Å². The Balaban J connectivity index is 0.828. The number of piperazine rings is 1. The third kappa shape index (κ3) is 9.26. The van der Waals surface area contributed by atoms with E-state index in [-0.39, 0.29) is 48.7 Å². The van der Waals surface area contributed by atoms with E-state index in [2.05, 4.69) is 51.2 Å². The number of hydrogen-bond acceptors (Lipinski definition) is 10. The van der Waals surface area contributed by atoms with Crippen molar-refractivity contribution in [1.29, 1.82) is 0 Å². The first-order valence-electron chi connectivity index (χ1n) is 20.7. The number of benzene rings is 2. The van der Waals surface area contributed by atoms with Crippen LogP contribution in [0.2, 0.25) is 0 Å². The molecule has 5 N–H and O–H groups in total. The summed E-state index contributed by atoms with van der Waals surface area (Å²) in [6.07, 6.45) is 7.22. The number of unbranched alkanes of at least 4 members (excludes halogenated alkanes) is 2. The molecule has 3 aliphatic rings. The molecule has 7 rings (SSSR count). The number of aromatic nitrogens is 3. The Kier molecular flexibility index (Phi) is 12.9. The van der Waals surface area contributed by atoms with Crippen molar-refractivity contribution < 1.29 is 24.3 Å². The molecule has 0 bridgehead atoms. The first-order valence-corrected chi connectivity index (χ1v) is 20.7. The average molecular weight is 793 g/mol. The SMILES string of the molecule is CC[C@H](CO)Nc1cc(NCc2ccc(NC(=O)N3CCN(CCCCCc4cccc5c4CN(C4CCC(=O)NC4=O)C5=O)CC3)cc2)n2ncc(C(C)C)c2n1. The van der Waals surface area contributed by atoms with Crippen LogP contribution in [0.4, 0.5) is 22.1 Å². The minimum atomic E-state index is -0.601. The number of rotatable bonds is 16. The number of urea groups is 1. The van der Waals surface area contributed by atoms with Crippen LogP contribution >= 0.6 is 0 Å². The highest BCUT2D eigenvalue weighted by molar-refractivity contribution is 6.05. The van der Waals surface area contributed by atoms with Gasteiger partial charge in [-0.05, 0) is 79.5 Å². The van der Waals surface area contributed by atoms with E-state index < -0.39 is 6.04 Å². The standard InChI is InChI=1S/C43H56N10O5/c1-4-31(27-54)46-37-23-38(53-40(48-37)34(25-45-53)28(2)3)44-24-29-12-14-32(15-13-29)47-43(58)51-21-19-50(20-22-51)18-7-5-6-9-30-10-8-11-33-35(30)26-52(42(33)57)36-16-17-39(55)49-41(36)56/h8,10-15,23,25,28,31,36,44,54H,4-7,9,16-22,24,26-27H2,1-3H3,(H,46,48)(H,47,58)(H,49,55,56)/t31-,36?/m1/s1. The van der Waals surface area contributed by atoms with Crippen LogP contribution in [-0.4, -0.2) is 110 Å². The number of aliphatic hydroxyl groups excluding tert-OH is 1. The summed E-state index contributed by atoms with van der Waals surface area (Å²) < 4.78 is 1.82. The fourth-order valence-corrected chi connectivity index (χ4v) is 8.06. The minimum Gasteiger partial charge on any atom is -0.394 e. The van der Waals surface area contributed by atoms with Gasteiger partial charge in [-0.15, -0.1) is 0 Å². The van der Waals surface area contributed by atoms with E-state index in [9.17, 15) is 24.3 Å². The van der Waals surface area contributed by atoms with Crippen molar-refractivity contribution in [2.75, 3.05) is 55.3 Å². The zero-order valence-corrected chi connectivity index (χ0v) is 33.8. The zero-order valence-electron chi connectivity index (χ0n) is 33.8. The lowest BCUT2D eigenvalue weighted by Crippen LogP contribution is -2.52. The van der Waals surface area contributed by atoms with Crippen molar-refractivity contribution in [1.82, 2.24) is 34.6 Å². The van der Waals surface area contributed by atoms with Gasteiger partial charge in [0.15, 0.2) is 5.65 Å². The molecule has 0 saturated carbocycles. The molecule has 1 unspecified atom stereocenters. The van der Waals surface area contributed by atoms with E-state index >= 15 is 0 Å². The fraction of sp³-hybridized carbons (Fsp3) is 0.488. The second kappa shape index (κ2) is 18.4. The van der Waals surface area contributed by atoms with Gasteiger partial charge in [-0.1, -0.05) is 51.5 Å². The van der Waals surface area contributed by atoms with Crippen molar-refractivity contribution in [3.05, 3.63) is 82.5 Å². The van der Waals surface area contributed by atoms with Crippen molar-refractivity contribution in [3.8, 4) is 0 Å². The van der Waals surface area contributed by atoms with E-state index in [4.69, 9.17) is 4.98 Å². The summed E-state index contributed by atoms with van der Waals surface area (Å²) in [5.74, 6) is 0.930. The normalized spacial score (nSPS) is 17.8. The zero-order chi connectivity index (χ0) is 40.8. The van der Waals surface area contributed by atoms with E-state index in [0.29, 0.717) is 44.0 Å². The number of nitrogens with one attached hydrogen (secondary N) is 4. The molecule has 2 fully saturated rings. The largest absolute Gasteiger partial charge is 0.394 e. The van der Waals surface area contributed by atoms with Gasteiger partial charge in [0.25, 0.3) is 5.91 Å². The lowest BCUT2D eigenvalue weighted by atomic mass is 9.98. The molecule has 5 amide bonds. The topological polar surface area (TPSA) is 177 Å². The smallest absolute Gasteiger partial charge is 0.321 e. The Labute approximate surface area is 339 Å². The van der Waals surface area contributed by atoms with Crippen LogP contribution < -0.4 is 21.3 Å². The summed E-state index contributed by atoms with van der Waals surface area (Å²) in [4.78, 5) is 61.1. The molecular formula is C43H56N10O5. The van der Waals surface area contributed by atoms with Gasteiger partial charge in [-0.25, -0.2) is 9.78 Å². The van der Waals surface area contributed by atoms with Gasteiger partial charge in [0, 0.05) is 68.6 Å². The van der Waals surface area contributed by atoms with Crippen LogP contribution in [0, 0.1) is 0 Å². The maximum atomic E-state index is 13.2. The first kappa shape index (κ1) is 40.6. The molecule has 58 heavy (non-hydrogen) atoms. The van der Waals surface area contributed by atoms with E-state index in [0.717, 1.165) is 91.1 Å². The third-order valence-electron chi connectivity index (χ3n) is 11.6. The predicted molar refractivity (Wildman–Crippen MR) is 223 cm³/mol. The molecule has 15 heteroatoms. The molecule has 2 aromatic carbocycles. The summed E-state index contributed by atoms with van der Waals surface area (Å²) in [6, 6.07) is 14.8. The highest BCUT2D eigenvalue weighted by atomic mass is 16.3. The number of anilines is 3. The van der Waals surface area contributed by atoms with E-state index in [1.165, 1.54) is 0 Å². The molecule has 15 nitrogen and oxygen atoms in total. The second-order valence-electron chi connectivity index (χ2n) is 15.9. The lowest BCUT2D eigenvalue weighted by Gasteiger charge is -2.34. The van der Waals surface area contributed by atoms with Gasteiger partial charge in [-0.2, -0.15) is 9.61 Å². The number of nitrogens with zero attached hydrogens (tertiary/aromatic N) is 6. The Bertz CT molecular complexity index is 2110. The molecule has 3 aliphatic heterocycles. The molecular weight excluding hydrogens is 737 g/mol. The number of amides is 5. The molecule has 0 radical (unpaired) electrons. The highest BCUT2D eigenvalue weighted by Gasteiger charge is 2.39. The summed E-state index contributed by atoms with van der Waals surface area (Å²) in [7, 11) is 0. The monoisotopic (exact) mass is 792 g/mol. The van der Waals surface area contributed by atoms with E-state index in [1.54, 1.807) is 4.90 Å². The van der Waals surface area contributed by atoms with Crippen molar-refractivity contribution in [2.24, 2.45) is 0 Å². The van der Waals surface area contributed by atoms with Crippen molar-refractivity contribution in [2.45, 2.75) is 96.8 Å². The van der Waals surface area contributed by atoms with Gasteiger partial charge >= 0.3 is 6.03 Å². The van der Waals surface area contributed by atoms with Crippen LogP contribution in [0.25, 0.3) is 5.65 Å². The number of carbonyl (C=O) groups is 4. The second-order valence-corrected chi connectivity index (χ2v) is 15.9. The highest BCUT2D eigenvalue weighted by Crippen LogP contribution is 2.31. The fourth-order valence-electron chi connectivity index (χ4n) is 8.06. The quantitative estimate of drug-likeness (QED) is 0.0770. The third-order valence-corrected chi connectivity index (χ3v) is 11.6. The van der Waals surface area contributed by atoms with Crippen LogP contribution in [0.3, 0.4) is 0 Å². The van der Waals surface area contributed by atoms with Gasteiger partial charge in [0.2, 0.25) is 11.8 Å². The molecule has 2 atom stereocenters. The number of aliphatic hydroxyl groups is 1. The molecule has 2 aromatic heterocycles. The molecule has 4 aromatic rings. The van der Waals surface area contributed by atoms with E-state index in [1.807, 2.05) is 65.0 Å². The number of hydrogen-bond donors (Lipinski definition) is 5.